The maximum Gasteiger partial charge on any atom is 1.00 e. The van der Waals surface area contributed by atoms with Crippen molar-refractivity contribution in [3.05, 3.63) is 0 Å². The van der Waals surface area contributed by atoms with E-state index >= 15 is 0 Å². The monoisotopic (exact) mass is 300 g/mol. The Morgan fingerprint density at radius 2 is 1.32 bits per heavy atom. The Bertz CT molecular complexity index is 246. The van der Waals surface area contributed by atoms with Crippen LogP contribution in [0.1, 0.15) is 6.92 Å². The predicted molar refractivity (Wildman–Crippen MR) is 46.8 cm³/mol. The molecular formula is C8H14Na2O9. The number of carbonyl (C=O) groups is 2. The van der Waals surface area contributed by atoms with Gasteiger partial charge in [0.2, 0.25) is 0 Å². The number of carboxylic acid groups (broad SMARTS) is 2. The summed E-state index contributed by atoms with van der Waals surface area (Å²) in [6.07, 6.45) is -8.08. The summed E-state index contributed by atoms with van der Waals surface area (Å²) in [6, 6.07) is 0. The molecule has 102 valence electrons. The predicted octanol–water partition coefficient (Wildman–Crippen LogP) is -12.1. The molecule has 0 radical (unpaired) electrons. The molecule has 0 spiro atoms. The zero-order chi connectivity index (χ0) is 14.2. The summed E-state index contributed by atoms with van der Waals surface area (Å²) < 4.78 is 0. The van der Waals surface area contributed by atoms with E-state index in [1.807, 2.05) is 0 Å². The van der Waals surface area contributed by atoms with Crippen LogP contribution in [0.5, 0.6) is 0 Å². The second kappa shape index (κ2) is 15.1. The van der Waals surface area contributed by atoms with Crippen molar-refractivity contribution in [3.63, 3.8) is 0 Å². The van der Waals surface area contributed by atoms with Crippen molar-refractivity contribution in [1.82, 2.24) is 0 Å². The Labute approximate surface area is 153 Å². The van der Waals surface area contributed by atoms with E-state index in [0.717, 1.165) is 6.92 Å². The van der Waals surface area contributed by atoms with E-state index in [9.17, 15) is 9.90 Å². The van der Waals surface area contributed by atoms with Gasteiger partial charge < -0.3 is 45.3 Å². The van der Waals surface area contributed by atoms with Gasteiger partial charge in [0.25, 0.3) is 0 Å². The van der Waals surface area contributed by atoms with Gasteiger partial charge in [-0.2, -0.15) is 0 Å². The summed E-state index contributed by atoms with van der Waals surface area (Å²) in [5, 5.41) is 62.3. The molecule has 11 heteroatoms. The summed E-state index contributed by atoms with van der Waals surface area (Å²) in [5.41, 5.74) is 0. The quantitative estimate of drug-likeness (QED) is 0.308. The SMILES string of the molecule is CC(=O)[O-].O=C([O-])[C@H](O)[C@@H](O)[C@H](O)[C@H](O)CO.[Na+].[Na+]. The third-order valence-electron chi connectivity index (χ3n) is 1.50. The number of aliphatic hydroxyl groups excluding tert-OH is 5. The van der Waals surface area contributed by atoms with Gasteiger partial charge in [-0.1, -0.05) is 0 Å². The zero-order valence-corrected chi connectivity index (χ0v) is 14.9. The van der Waals surface area contributed by atoms with E-state index < -0.39 is 43.0 Å². The van der Waals surface area contributed by atoms with Gasteiger partial charge in [-0.15, -0.1) is 0 Å². The van der Waals surface area contributed by atoms with Gasteiger partial charge in [-0.25, -0.2) is 0 Å². The molecule has 0 aliphatic carbocycles. The van der Waals surface area contributed by atoms with E-state index in [1.54, 1.807) is 0 Å². The number of hydrogen-bond donors (Lipinski definition) is 5. The van der Waals surface area contributed by atoms with Gasteiger partial charge in [-0.05, 0) is 6.92 Å². The molecular weight excluding hydrogens is 286 g/mol. The first kappa shape index (κ1) is 28.0. The molecule has 0 amide bonds. The van der Waals surface area contributed by atoms with Gasteiger partial charge in [0.15, 0.2) is 0 Å². The Hall–Kier alpha value is 0.740. The zero-order valence-electron chi connectivity index (χ0n) is 10.9. The van der Waals surface area contributed by atoms with Crippen molar-refractivity contribution in [2.75, 3.05) is 6.61 Å². The first-order valence-corrected chi connectivity index (χ1v) is 4.36. The van der Waals surface area contributed by atoms with Crippen molar-refractivity contribution >= 4 is 11.9 Å². The molecule has 0 saturated carbocycles. The number of hydrogen-bond acceptors (Lipinski definition) is 9. The first-order valence-electron chi connectivity index (χ1n) is 4.36. The standard InChI is InChI=1S/C6H12O7.C2H4O2.2Na/c7-1-2(8)3(9)4(10)5(11)6(12)13;1-2(3)4;;/h2-5,7-11H,1H2,(H,12,13);1H3,(H,3,4);;/q;;2*+1/p-2/t2-,3-,4+,5-;;;/m1.../s1. The van der Waals surface area contributed by atoms with Crippen molar-refractivity contribution < 1.29 is 104 Å². The van der Waals surface area contributed by atoms with E-state index in [0.29, 0.717) is 0 Å². The van der Waals surface area contributed by atoms with Crippen molar-refractivity contribution in [2.24, 2.45) is 0 Å². The van der Waals surface area contributed by atoms with Crippen LogP contribution in [-0.4, -0.2) is 68.5 Å². The van der Waals surface area contributed by atoms with E-state index in [2.05, 4.69) is 0 Å². The van der Waals surface area contributed by atoms with Crippen LogP contribution in [-0.2, 0) is 9.59 Å². The average Bonchev–Trinajstić information content (AvgIpc) is 2.23. The molecule has 0 saturated heterocycles. The van der Waals surface area contributed by atoms with Crippen LogP contribution >= 0.6 is 0 Å². The molecule has 0 aliphatic heterocycles. The summed E-state index contributed by atoms with van der Waals surface area (Å²) in [4.78, 5) is 18.9. The minimum absolute atomic E-state index is 0. The maximum atomic E-state index is 9.98. The van der Waals surface area contributed by atoms with Crippen LogP contribution in [0.15, 0.2) is 0 Å². The molecule has 0 aromatic heterocycles. The molecule has 0 fully saturated rings. The molecule has 0 bridgehead atoms. The van der Waals surface area contributed by atoms with Crippen LogP contribution in [0.25, 0.3) is 0 Å². The molecule has 9 nitrogen and oxygen atoms in total. The van der Waals surface area contributed by atoms with Crippen LogP contribution in [0.3, 0.4) is 0 Å². The third kappa shape index (κ3) is 15.0. The van der Waals surface area contributed by atoms with E-state index in [-0.39, 0.29) is 59.1 Å². The summed E-state index contributed by atoms with van der Waals surface area (Å²) in [6.45, 7) is 0.109. The minimum Gasteiger partial charge on any atom is -0.550 e. The number of aliphatic hydroxyl groups is 5. The fraction of sp³-hybridized carbons (Fsp3) is 0.750. The molecule has 4 atom stereocenters. The third-order valence-corrected chi connectivity index (χ3v) is 1.50. The van der Waals surface area contributed by atoms with E-state index in [4.69, 9.17) is 35.4 Å². The Morgan fingerprint density at radius 3 is 1.53 bits per heavy atom. The van der Waals surface area contributed by atoms with Crippen LogP contribution in [0.2, 0.25) is 0 Å². The molecule has 0 heterocycles. The molecule has 0 aliphatic rings. The van der Waals surface area contributed by atoms with Gasteiger partial charge >= 0.3 is 59.1 Å². The van der Waals surface area contributed by atoms with Gasteiger partial charge in [-0.3, -0.25) is 0 Å². The fourth-order valence-electron chi connectivity index (χ4n) is 0.662. The first-order chi connectivity index (χ1) is 7.64. The maximum absolute atomic E-state index is 9.98. The number of carboxylic acids is 2. The van der Waals surface area contributed by atoms with Gasteiger partial charge in [0, 0.05) is 5.97 Å². The smallest absolute Gasteiger partial charge is 0.550 e. The van der Waals surface area contributed by atoms with Crippen LogP contribution in [0.4, 0.5) is 0 Å². The van der Waals surface area contributed by atoms with Crippen molar-refractivity contribution in [3.8, 4) is 0 Å². The summed E-state index contributed by atoms with van der Waals surface area (Å²) in [5.74, 6) is -3.06. The minimum atomic E-state index is -2.31. The molecule has 5 N–H and O–H groups in total. The number of aliphatic carboxylic acids is 2. The normalized spacial score (nSPS) is 15.3. The molecule has 0 rings (SSSR count). The topological polar surface area (TPSA) is 181 Å². The van der Waals surface area contributed by atoms with E-state index in [1.165, 1.54) is 0 Å². The molecule has 0 aromatic rings. The Kier molecular flexibility index (Phi) is 22.3. The number of carbonyl (C=O) groups excluding carboxylic acids is 2. The fourth-order valence-corrected chi connectivity index (χ4v) is 0.662. The second-order valence-electron chi connectivity index (χ2n) is 2.99. The summed E-state index contributed by atoms with van der Waals surface area (Å²) in [7, 11) is 0. The largest absolute Gasteiger partial charge is 1.00 e. The van der Waals surface area contributed by atoms with Gasteiger partial charge in [0.05, 0.1) is 12.6 Å². The summed E-state index contributed by atoms with van der Waals surface area (Å²) >= 11 is 0. The Morgan fingerprint density at radius 1 is 1.00 bits per heavy atom. The molecule has 0 aromatic carbocycles. The Balaban J connectivity index is -0.000000165. The molecule has 0 unspecified atom stereocenters. The molecule has 19 heavy (non-hydrogen) atoms. The van der Waals surface area contributed by atoms with Gasteiger partial charge in [0.1, 0.15) is 24.4 Å². The second-order valence-corrected chi connectivity index (χ2v) is 2.99. The average molecular weight is 300 g/mol. The van der Waals surface area contributed by atoms with Crippen LogP contribution < -0.4 is 69.3 Å². The van der Waals surface area contributed by atoms with Crippen molar-refractivity contribution in [1.29, 1.82) is 0 Å². The number of rotatable bonds is 5. The van der Waals surface area contributed by atoms with Crippen LogP contribution in [0, 0.1) is 0 Å². The van der Waals surface area contributed by atoms with Crippen molar-refractivity contribution in [2.45, 2.75) is 31.3 Å².